The van der Waals surface area contributed by atoms with E-state index in [1.54, 1.807) is 20.8 Å². The summed E-state index contributed by atoms with van der Waals surface area (Å²) in [6.45, 7) is 5.93. The molecule has 0 aliphatic heterocycles. The largest absolute Gasteiger partial charge is 0.482 e. The maximum atomic E-state index is 13.6. The Balaban J connectivity index is 1.73. The molecular formula is C30H33F2N3O8. The average Bonchev–Trinajstić information content (AvgIpc) is 2.97. The third-order valence-corrected chi connectivity index (χ3v) is 6.05. The van der Waals surface area contributed by atoms with Crippen molar-refractivity contribution in [1.29, 1.82) is 0 Å². The Morgan fingerprint density at radius 1 is 0.977 bits per heavy atom. The third kappa shape index (κ3) is 9.45. The van der Waals surface area contributed by atoms with Crippen LogP contribution < -0.4 is 20.1 Å². The molecule has 230 valence electrons. The molecule has 0 bridgehead atoms. The number of carbonyl (C=O) groups is 3. The van der Waals surface area contributed by atoms with Crippen LogP contribution in [0.1, 0.15) is 49.9 Å². The highest BCUT2D eigenvalue weighted by Gasteiger charge is 2.29. The Morgan fingerprint density at radius 2 is 1.60 bits per heavy atom. The number of carbonyl (C=O) groups excluding carboxylic acids is 3. The molecule has 0 saturated heterocycles. The number of nitrogens with one attached hydrogen (secondary N) is 2. The standard InChI is InChI=1S/C30H33F2N3O8/c1-17(2)29(38)41-16-40-27-24(34-15-36)13-14-33-25(27)28(37)35-18(3)30(39)42-19(4)26(20-5-7-21(31)8-6-20)43-23-11-9-22(32)10-12-23/h5-15,17-19,26,29,38H,16H2,1-4H3,(H,35,37)(H,33,34,36)/t18-,19?,26?,29?/m0/s1. The number of halogens is 2. The summed E-state index contributed by atoms with van der Waals surface area (Å²) in [5.74, 6) is -2.70. The topological polar surface area (TPSA) is 145 Å². The van der Waals surface area contributed by atoms with Crippen molar-refractivity contribution in [3.63, 3.8) is 0 Å². The fourth-order valence-corrected chi connectivity index (χ4v) is 3.71. The zero-order valence-corrected chi connectivity index (χ0v) is 24.0. The van der Waals surface area contributed by atoms with Crippen molar-refractivity contribution in [2.75, 3.05) is 12.1 Å². The summed E-state index contributed by atoms with van der Waals surface area (Å²) in [5, 5.41) is 14.7. The molecular weight excluding hydrogens is 568 g/mol. The monoisotopic (exact) mass is 601 g/mol. The molecule has 0 fully saturated rings. The Hall–Kier alpha value is -4.62. The lowest BCUT2D eigenvalue weighted by Crippen LogP contribution is -2.42. The number of amides is 2. The lowest BCUT2D eigenvalue weighted by atomic mass is 10.0. The van der Waals surface area contributed by atoms with Gasteiger partial charge in [0.25, 0.3) is 5.91 Å². The van der Waals surface area contributed by atoms with Crippen LogP contribution in [0, 0.1) is 17.6 Å². The number of aromatic nitrogens is 1. The van der Waals surface area contributed by atoms with Crippen molar-refractivity contribution >= 4 is 24.0 Å². The van der Waals surface area contributed by atoms with E-state index < -0.39 is 54.8 Å². The highest BCUT2D eigenvalue weighted by Crippen LogP contribution is 2.29. The van der Waals surface area contributed by atoms with E-state index in [-0.39, 0.29) is 28.8 Å². The molecule has 0 radical (unpaired) electrons. The first-order valence-electron chi connectivity index (χ1n) is 13.3. The van der Waals surface area contributed by atoms with E-state index in [0.717, 1.165) is 0 Å². The maximum Gasteiger partial charge on any atom is 0.328 e. The van der Waals surface area contributed by atoms with Gasteiger partial charge in [-0.25, -0.2) is 18.6 Å². The SMILES string of the molecule is CC(C)C(O)OCOc1c(NC=O)ccnc1C(=O)N[C@@H](C)C(=O)OC(C)C(Oc1ccc(F)cc1)c1ccc(F)cc1. The van der Waals surface area contributed by atoms with Crippen LogP contribution in [0.5, 0.6) is 11.5 Å². The first-order valence-corrected chi connectivity index (χ1v) is 13.3. The van der Waals surface area contributed by atoms with Crippen molar-refractivity contribution in [3.05, 3.63) is 83.7 Å². The molecule has 4 atom stereocenters. The minimum atomic E-state index is -1.19. The van der Waals surface area contributed by atoms with Crippen LogP contribution in [0.2, 0.25) is 0 Å². The van der Waals surface area contributed by atoms with Gasteiger partial charge in [-0.1, -0.05) is 26.0 Å². The molecule has 0 saturated carbocycles. The molecule has 43 heavy (non-hydrogen) atoms. The second-order valence-electron chi connectivity index (χ2n) is 9.74. The number of anilines is 1. The van der Waals surface area contributed by atoms with Crippen LogP contribution in [0.25, 0.3) is 0 Å². The number of benzene rings is 2. The molecule has 3 rings (SSSR count). The van der Waals surface area contributed by atoms with Crippen molar-refractivity contribution in [1.82, 2.24) is 10.3 Å². The Labute approximate surface area is 247 Å². The van der Waals surface area contributed by atoms with Crippen LogP contribution in [0.3, 0.4) is 0 Å². The van der Waals surface area contributed by atoms with Gasteiger partial charge in [-0.2, -0.15) is 0 Å². The molecule has 2 amide bonds. The number of rotatable bonds is 15. The summed E-state index contributed by atoms with van der Waals surface area (Å²) in [5.41, 5.74) is 0.311. The molecule has 11 nitrogen and oxygen atoms in total. The summed E-state index contributed by atoms with van der Waals surface area (Å²) in [6.07, 6.45) is -1.36. The number of nitrogens with zero attached hydrogens (tertiary/aromatic N) is 1. The molecule has 3 aromatic rings. The molecule has 0 aliphatic carbocycles. The number of ether oxygens (including phenoxy) is 4. The van der Waals surface area contributed by atoms with Gasteiger partial charge in [0, 0.05) is 12.1 Å². The first-order chi connectivity index (χ1) is 20.5. The van der Waals surface area contributed by atoms with E-state index in [2.05, 4.69) is 15.6 Å². The van der Waals surface area contributed by atoms with E-state index in [1.165, 1.54) is 67.7 Å². The molecule has 0 spiro atoms. The smallest absolute Gasteiger partial charge is 0.328 e. The lowest BCUT2D eigenvalue weighted by Gasteiger charge is -2.27. The van der Waals surface area contributed by atoms with Gasteiger partial charge in [-0.05, 0) is 61.9 Å². The minimum Gasteiger partial charge on any atom is -0.482 e. The van der Waals surface area contributed by atoms with Crippen molar-refractivity contribution < 1.29 is 47.2 Å². The van der Waals surface area contributed by atoms with Crippen molar-refractivity contribution in [2.24, 2.45) is 5.92 Å². The zero-order chi connectivity index (χ0) is 31.5. The maximum absolute atomic E-state index is 13.6. The Morgan fingerprint density at radius 3 is 2.21 bits per heavy atom. The number of pyridine rings is 1. The second kappa shape index (κ2) is 15.6. The van der Waals surface area contributed by atoms with E-state index in [4.69, 9.17) is 18.9 Å². The number of hydrogen-bond acceptors (Lipinski definition) is 9. The average molecular weight is 602 g/mol. The van der Waals surface area contributed by atoms with Gasteiger partial charge in [-0.15, -0.1) is 0 Å². The van der Waals surface area contributed by atoms with Crippen LogP contribution in [-0.4, -0.2) is 53.6 Å². The lowest BCUT2D eigenvalue weighted by molar-refractivity contribution is -0.163. The van der Waals surface area contributed by atoms with Crippen molar-refractivity contribution in [2.45, 2.75) is 52.2 Å². The predicted octanol–water partition coefficient (Wildman–Crippen LogP) is 4.13. The normalized spacial score (nSPS) is 13.8. The summed E-state index contributed by atoms with van der Waals surface area (Å²) in [4.78, 5) is 41.2. The van der Waals surface area contributed by atoms with Crippen LogP contribution in [-0.2, 0) is 19.1 Å². The van der Waals surface area contributed by atoms with Gasteiger partial charge in [0.2, 0.25) is 6.41 Å². The van der Waals surface area contributed by atoms with Gasteiger partial charge in [0.1, 0.15) is 29.5 Å². The highest BCUT2D eigenvalue weighted by atomic mass is 19.1. The molecule has 2 aromatic carbocycles. The molecule has 3 N–H and O–H groups in total. The summed E-state index contributed by atoms with van der Waals surface area (Å²) >= 11 is 0. The summed E-state index contributed by atoms with van der Waals surface area (Å²) in [6, 6.07) is 10.8. The second-order valence-corrected chi connectivity index (χ2v) is 9.74. The van der Waals surface area contributed by atoms with Crippen LogP contribution in [0.4, 0.5) is 14.5 Å². The van der Waals surface area contributed by atoms with Gasteiger partial charge in [0.05, 0.1) is 5.69 Å². The number of esters is 1. The number of hydrogen-bond donors (Lipinski definition) is 3. The fourth-order valence-electron chi connectivity index (χ4n) is 3.71. The predicted molar refractivity (Wildman–Crippen MR) is 150 cm³/mol. The Kier molecular flexibility index (Phi) is 11.9. The van der Waals surface area contributed by atoms with Crippen molar-refractivity contribution in [3.8, 4) is 11.5 Å². The molecule has 1 heterocycles. The highest BCUT2D eigenvalue weighted by molar-refractivity contribution is 5.99. The molecule has 1 aromatic heterocycles. The minimum absolute atomic E-state index is 0.0988. The van der Waals surface area contributed by atoms with E-state index >= 15 is 0 Å². The van der Waals surface area contributed by atoms with Gasteiger partial charge in [-0.3, -0.25) is 9.59 Å². The van der Waals surface area contributed by atoms with E-state index in [0.29, 0.717) is 12.0 Å². The summed E-state index contributed by atoms with van der Waals surface area (Å²) < 4.78 is 49.2. The van der Waals surface area contributed by atoms with E-state index in [1.807, 2.05) is 0 Å². The van der Waals surface area contributed by atoms with Gasteiger partial charge < -0.3 is 34.7 Å². The van der Waals surface area contributed by atoms with Crippen LogP contribution >= 0.6 is 0 Å². The number of aliphatic hydroxyl groups excluding tert-OH is 1. The third-order valence-electron chi connectivity index (χ3n) is 6.05. The molecule has 13 heteroatoms. The zero-order valence-electron chi connectivity index (χ0n) is 24.0. The molecule has 0 aliphatic rings. The number of aliphatic hydroxyl groups is 1. The quantitative estimate of drug-likeness (QED) is 0.133. The Bertz CT molecular complexity index is 1370. The fraction of sp³-hybridized carbons (Fsp3) is 0.333. The molecule has 3 unspecified atom stereocenters. The first kappa shape index (κ1) is 32.9. The van der Waals surface area contributed by atoms with Gasteiger partial charge in [0.15, 0.2) is 30.6 Å². The van der Waals surface area contributed by atoms with Crippen LogP contribution in [0.15, 0.2) is 60.8 Å². The van der Waals surface area contributed by atoms with E-state index in [9.17, 15) is 28.3 Å². The van der Waals surface area contributed by atoms with Gasteiger partial charge >= 0.3 is 5.97 Å². The summed E-state index contributed by atoms with van der Waals surface area (Å²) in [7, 11) is 0.